The summed E-state index contributed by atoms with van der Waals surface area (Å²) >= 11 is 0. The number of methoxy groups -OCH3 is 1. The van der Waals surface area contributed by atoms with Gasteiger partial charge in [0.25, 0.3) is 0 Å². The zero-order chi connectivity index (χ0) is 11.4. The van der Waals surface area contributed by atoms with Crippen LogP contribution < -0.4 is 4.74 Å². The average Bonchev–Trinajstić information content (AvgIpc) is 2.33. The summed E-state index contributed by atoms with van der Waals surface area (Å²) < 4.78 is 10.5. The monoisotopic (exact) mass is 222 g/mol. The quantitative estimate of drug-likeness (QED) is 0.772. The third-order valence-electron chi connectivity index (χ3n) is 2.90. The molecule has 4 nitrogen and oxygen atoms in total. The van der Waals surface area contributed by atoms with Crippen LogP contribution in [-0.4, -0.2) is 42.8 Å². The Balaban J connectivity index is 1.96. The van der Waals surface area contributed by atoms with Gasteiger partial charge in [0.1, 0.15) is 5.75 Å². The molecule has 16 heavy (non-hydrogen) atoms. The van der Waals surface area contributed by atoms with Crippen LogP contribution in [0.15, 0.2) is 18.3 Å². The zero-order valence-electron chi connectivity index (χ0n) is 9.85. The van der Waals surface area contributed by atoms with Crippen LogP contribution in [-0.2, 0) is 11.3 Å². The normalized spacial score (nSPS) is 22.0. The fraction of sp³-hybridized carbons (Fsp3) is 0.583. The Bertz CT molecular complexity index is 326. The predicted octanol–water partition coefficient (Wildman–Crippen LogP) is 1.31. The number of nitrogens with zero attached hydrogens (tertiary/aromatic N) is 2. The second-order valence-electron chi connectivity index (χ2n) is 4.08. The minimum atomic E-state index is 0.470. The van der Waals surface area contributed by atoms with Crippen LogP contribution in [0, 0.1) is 0 Å². The Morgan fingerprint density at radius 3 is 3.06 bits per heavy atom. The van der Waals surface area contributed by atoms with E-state index < -0.39 is 0 Å². The molecule has 0 amide bonds. The number of rotatable bonds is 3. The first-order valence-corrected chi connectivity index (χ1v) is 5.60. The highest BCUT2D eigenvalue weighted by molar-refractivity contribution is 5.19. The van der Waals surface area contributed by atoms with E-state index in [1.165, 1.54) is 0 Å². The van der Waals surface area contributed by atoms with E-state index in [0.717, 1.165) is 37.7 Å². The Kier molecular flexibility index (Phi) is 3.74. The third-order valence-corrected chi connectivity index (χ3v) is 2.90. The molecule has 0 spiro atoms. The van der Waals surface area contributed by atoms with E-state index >= 15 is 0 Å². The zero-order valence-corrected chi connectivity index (χ0v) is 9.85. The lowest BCUT2D eigenvalue weighted by molar-refractivity contribution is -0.00491. The molecule has 2 heterocycles. The summed E-state index contributed by atoms with van der Waals surface area (Å²) in [5.41, 5.74) is 1.08. The highest BCUT2D eigenvalue weighted by atomic mass is 16.5. The molecule has 4 heteroatoms. The van der Waals surface area contributed by atoms with Gasteiger partial charge in [-0.05, 0) is 19.1 Å². The van der Waals surface area contributed by atoms with Crippen molar-refractivity contribution in [2.75, 3.05) is 26.9 Å². The smallest absolute Gasteiger partial charge is 0.137 e. The molecule has 1 aliphatic heterocycles. The standard InChI is InChI=1S/C12H18N2O2/c1-10-9-16-6-5-14(10)8-11-3-4-12(15-2)7-13-11/h3-4,7,10H,5-6,8-9H2,1-2H3/t10-/m0/s1. The lowest BCUT2D eigenvalue weighted by Crippen LogP contribution is -2.43. The number of morpholine rings is 1. The number of aromatic nitrogens is 1. The fourth-order valence-corrected chi connectivity index (χ4v) is 1.83. The van der Waals surface area contributed by atoms with Crippen molar-refractivity contribution in [1.82, 2.24) is 9.88 Å². The maximum Gasteiger partial charge on any atom is 0.137 e. The fourth-order valence-electron chi connectivity index (χ4n) is 1.83. The van der Waals surface area contributed by atoms with Crippen LogP contribution in [0.3, 0.4) is 0 Å². The predicted molar refractivity (Wildman–Crippen MR) is 61.5 cm³/mol. The van der Waals surface area contributed by atoms with Gasteiger partial charge in [0.2, 0.25) is 0 Å². The molecule has 0 unspecified atom stereocenters. The molecule has 88 valence electrons. The molecule has 1 aromatic rings. The van der Waals surface area contributed by atoms with Crippen LogP contribution in [0.2, 0.25) is 0 Å². The van der Waals surface area contributed by atoms with E-state index in [9.17, 15) is 0 Å². The van der Waals surface area contributed by atoms with Gasteiger partial charge in [0.05, 0.1) is 32.2 Å². The van der Waals surface area contributed by atoms with Crippen molar-refractivity contribution in [2.45, 2.75) is 19.5 Å². The Morgan fingerprint density at radius 2 is 2.44 bits per heavy atom. The molecule has 1 aromatic heterocycles. The lowest BCUT2D eigenvalue weighted by Gasteiger charge is -2.32. The molecule has 1 atom stereocenters. The van der Waals surface area contributed by atoms with E-state index in [4.69, 9.17) is 9.47 Å². The molecule has 0 N–H and O–H groups in total. The summed E-state index contributed by atoms with van der Waals surface area (Å²) in [5.74, 6) is 0.804. The lowest BCUT2D eigenvalue weighted by atomic mass is 10.2. The van der Waals surface area contributed by atoms with Crippen molar-refractivity contribution >= 4 is 0 Å². The van der Waals surface area contributed by atoms with Gasteiger partial charge in [-0.2, -0.15) is 0 Å². The summed E-state index contributed by atoms with van der Waals surface area (Å²) in [6.07, 6.45) is 1.76. The molecule has 1 saturated heterocycles. The Hall–Kier alpha value is -1.13. The summed E-state index contributed by atoms with van der Waals surface area (Å²) in [7, 11) is 1.65. The largest absolute Gasteiger partial charge is 0.495 e. The van der Waals surface area contributed by atoms with Crippen LogP contribution >= 0.6 is 0 Å². The summed E-state index contributed by atoms with van der Waals surface area (Å²) in [4.78, 5) is 6.76. The molecular formula is C12H18N2O2. The molecule has 0 aromatic carbocycles. The van der Waals surface area contributed by atoms with Gasteiger partial charge in [-0.15, -0.1) is 0 Å². The van der Waals surface area contributed by atoms with Crippen LogP contribution in [0.1, 0.15) is 12.6 Å². The van der Waals surface area contributed by atoms with Gasteiger partial charge in [-0.25, -0.2) is 0 Å². The maximum absolute atomic E-state index is 5.40. The van der Waals surface area contributed by atoms with Gasteiger partial charge in [0.15, 0.2) is 0 Å². The van der Waals surface area contributed by atoms with E-state index in [0.29, 0.717) is 6.04 Å². The number of ether oxygens (including phenoxy) is 2. The summed E-state index contributed by atoms with van der Waals surface area (Å²) in [6, 6.07) is 4.44. The van der Waals surface area contributed by atoms with Gasteiger partial charge < -0.3 is 9.47 Å². The summed E-state index contributed by atoms with van der Waals surface area (Å²) in [6.45, 7) is 5.68. The SMILES string of the molecule is COc1ccc(CN2CCOC[C@@H]2C)nc1. The van der Waals surface area contributed by atoms with Crippen molar-refractivity contribution in [3.63, 3.8) is 0 Å². The first-order valence-electron chi connectivity index (χ1n) is 5.60. The Labute approximate surface area is 96.2 Å². The number of hydrogen-bond donors (Lipinski definition) is 0. The Morgan fingerprint density at radius 1 is 1.56 bits per heavy atom. The highest BCUT2D eigenvalue weighted by Crippen LogP contribution is 2.13. The number of hydrogen-bond acceptors (Lipinski definition) is 4. The third kappa shape index (κ3) is 2.71. The van der Waals surface area contributed by atoms with Crippen molar-refractivity contribution in [3.8, 4) is 5.75 Å². The molecule has 0 saturated carbocycles. The van der Waals surface area contributed by atoms with Crippen LogP contribution in [0.25, 0.3) is 0 Å². The first-order chi connectivity index (χ1) is 7.79. The van der Waals surface area contributed by atoms with Crippen molar-refractivity contribution in [3.05, 3.63) is 24.0 Å². The maximum atomic E-state index is 5.40. The van der Waals surface area contributed by atoms with Gasteiger partial charge in [-0.3, -0.25) is 9.88 Å². The van der Waals surface area contributed by atoms with E-state index in [1.54, 1.807) is 13.3 Å². The van der Waals surface area contributed by atoms with Crippen molar-refractivity contribution < 1.29 is 9.47 Å². The molecule has 1 fully saturated rings. The molecule has 0 bridgehead atoms. The second kappa shape index (κ2) is 5.27. The molecule has 1 aliphatic rings. The molecule has 0 aliphatic carbocycles. The number of pyridine rings is 1. The van der Waals surface area contributed by atoms with Crippen LogP contribution in [0.4, 0.5) is 0 Å². The van der Waals surface area contributed by atoms with Crippen molar-refractivity contribution in [2.24, 2.45) is 0 Å². The van der Waals surface area contributed by atoms with E-state index in [1.807, 2.05) is 12.1 Å². The van der Waals surface area contributed by atoms with Crippen LogP contribution in [0.5, 0.6) is 5.75 Å². The highest BCUT2D eigenvalue weighted by Gasteiger charge is 2.18. The second-order valence-corrected chi connectivity index (χ2v) is 4.08. The molecule has 2 rings (SSSR count). The van der Waals surface area contributed by atoms with E-state index in [2.05, 4.69) is 16.8 Å². The van der Waals surface area contributed by atoms with Gasteiger partial charge in [-0.1, -0.05) is 0 Å². The topological polar surface area (TPSA) is 34.6 Å². The minimum Gasteiger partial charge on any atom is -0.495 e. The van der Waals surface area contributed by atoms with Crippen molar-refractivity contribution in [1.29, 1.82) is 0 Å². The van der Waals surface area contributed by atoms with Gasteiger partial charge >= 0.3 is 0 Å². The summed E-state index contributed by atoms with van der Waals surface area (Å²) in [5, 5.41) is 0. The first kappa shape index (κ1) is 11.4. The molecular weight excluding hydrogens is 204 g/mol. The van der Waals surface area contributed by atoms with E-state index in [-0.39, 0.29) is 0 Å². The average molecular weight is 222 g/mol. The van der Waals surface area contributed by atoms with Gasteiger partial charge in [0, 0.05) is 19.1 Å². The minimum absolute atomic E-state index is 0.470. The molecule has 0 radical (unpaired) electrons.